The molecule has 0 spiro atoms. The molecule has 1 heterocycles. The first-order valence-electron chi connectivity index (χ1n) is 5.76. The molecule has 0 aliphatic carbocycles. The van der Waals surface area contributed by atoms with Gasteiger partial charge in [-0.15, -0.1) is 0 Å². The topological polar surface area (TPSA) is 35.5 Å². The fraction of sp³-hybridized carbons (Fsp3) is 0.462. The molecule has 92 valence electrons. The third kappa shape index (κ3) is 3.53. The monoisotopic (exact) mass is 238 g/mol. The molecule has 17 heavy (non-hydrogen) atoms. The van der Waals surface area contributed by atoms with Gasteiger partial charge in [-0.3, -0.25) is 0 Å². The Hall–Kier alpha value is -1.42. The van der Waals surface area contributed by atoms with Crippen molar-refractivity contribution in [1.82, 2.24) is 0 Å². The van der Waals surface area contributed by atoms with Gasteiger partial charge in [-0.05, 0) is 43.0 Å². The third-order valence-electron chi connectivity index (χ3n) is 2.87. The van der Waals surface area contributed by atoms with Crippen molar-refractivity contribution in [1.29, 1.82) is 0 Å². The molecule has 0 N–H and O–H groups in total. The molecule has 1 fully saturated rings. The molecule has 1 aromatic rings. The molecule has 3 nitrogen and oxygen atoms in total. The van der Waals surface area contributed by atoms with Crippen LogP contribution >= 0.6 is 0 Å². The predicted octanol–water partition coefficient (Wildman–Crippen LogP) is 2.41. The van der Waals surface area contributed by atoms with Crippen LogP contribution in [0.2, 0.25) is 0 Å². The quantitative estimate of drug-likeness (QED) is 0.758. The molecule has 0 unspecified atom stereocenters. The van der Waals surface area contributed by atoms with Crippen molar-refractivity contribution in [3.8, 4) is 0 Å². The van der Waals surface area contributed by atoms with E-state index in [9.17, 15) is 9.18 Å². The molecule has 0 atom stereocenters. The van der Waals surface area contributed by atoms with Gasteiger partial charge in [0.15, 0.2) is 0 Å². The largest absolute Gasteiger partial charge is 0.462 e. The molecular formula is C13H15FO3. The Kier molecular flexibility index (Phi) is 4.09. The number of hydrogen-bond donors (Lipinski definition) is 0. The maximum atomic E-state index is 12.7. The van der Waals surface area contributed by atoms with Gasteiger partial charge in [0, 0.05) is 13.2 Å². The number of benzene rings is 1. The summed E-state index contributed by atoms with van der Waals surface area (Å²) in [4.78, 5) is 11.6. The molecule has 1 saturated heterocycles. The van der Waals surface area contributed by atoms with E-state index < -0.39 is 5.97 Å². The van der Waals surface area contributed by atoms with E-state index in [2.05, 4.69) is 0 Å². The van der Waals surface area contributed by atoms with Crippen molar-refractivity contribution in [2.24, 2.45) is 5.92 Å². The lowest BCUT2D eigenvalue weighted by Gasteiger charge is -2.21. The number of carbonyl (C=O) groups is 1. The molecular weight excluding hydrogens is 223 g/mol. The number of carbonyl (C=O) groups excluding carboxylic acids is 1. The average molecular weight is 238 g/mol. The van der Waals surface area contributed by atoms with Crippen molar-refractivity contribution in [3.05, 3.63) is 35.6 Å². The summed E-state index contributed by atoms with van der Waals surface area (Å²) in [6, 6.07) is 5.37. The van der Waals surface area contributed by atoms with E-state index in [-0.39, 0.29) is 5.82 Å². The van der Waals surface area contributed by atoms with Crippen LogP contribution in [-0.2, 0) is 9.47 Å². The second-order valence-corrected chi connectivity index (χ2v) is 4.16. The van der Waals surface area contributed by atoms with Crippen LogP contribution in [0, 0.1) is 11.7 Å². The molecule has 1 aliphatic heterocycles. The van der Waals surface area contributed by atoms with Gasteiger partial charge in [0.05, 0.1) is 12.2 Å². The highest BCUT2D eigenvalue weighted by molar-refractivity contribution is 5.89. The van der Waals surface area contributed by atoms with Gasteiger partial charge in [-0.2, -0.15) is 0 Å². The molecule has 0 amide bonds. The Morgan fingerprint density at radius 3 is 2.59 bits per heavy atom. The van der Waals surface area contributed by atoms with Crippen LogP contribution in [0.1, 0.15) is 23.2 Å². The van der Waals surface area contributed by atoms with E-state index in [0.29, 0.717) is 18.1 Å². The molecule has 1 aliphatic rings. The minimum atomic E-state index is -0.392. The van der Waals surface area contributed by atoms with Crippen molar-refractivity contribution in [3.63, 3.8) is 0 Å². The van der Waals surface area contributed by atoms with Crippen LogP contribution in [0.4, 0.5) is 4.39 Å². The number of rotatable bonds is 3. The lowest BCUT2D eigenvalue weighted by Crippen LogP contribution is -2.21. The summed E-state index contributed by atoms with van der Waals surface area (Å²) in [7, 11) is 0. The third-order valence-corrected chi connectivity index (χ3v) is 2.87. The zero-order valence-corrected chi connectivity index (χ0v) is 9.52. The molecule has 0 aromatic heterocycles. The fourth-order valence-corrected chi connectivity index (χ4v) is 1.78. The normalized spacial score (nSPS) is 16.8. The van der Waals surface area contributed by atoms with Crippen molar-refractivity contribution in [2.75, 3.05) is 19.8 Å². The van der Waals surface area contributed by atoms with Gasteiger partial charge in [-0.25, -0.2) is 9.18 Å². The Labute approximate surface area is 99.5 Å². The van der Waals surface area contributed by atoms with Gasteiger partial charge < -0.3 is 9.47 Å². The number of ether oxygens (including phenoxy) is 2. The molecule has 0 radical (unpaired) electrons. The van der Waals surface area contributed by atoms with Gasteiger partial charge in [0.1, 0.15) is 5.82 Å². The predicted molar refractivity (Wildman–Crippen MR) is 60.2 cm³/mol. The summed E-state index contributed by atoms with van der Waals surface area (Å²) in [5.41, 5.74) is 0.387. The highest BCUT2D eigenvalue weighted by Gasteiger charge is 2.16. The van der Waals surface area contributed by atoms with Crippen LogP contribution in [0.5, 0.6) is 0 Å². The summed E-state index contributed by atoms with van der Waals surface area (Å²) in [5, 5.41) is 0. The summed E-state index contributed by atoms with van der Waals surface area (Å²) in [5.74, 6) is -0.365. The number of hydrogen-bond acceptors (Lipinski definition) is 3. The number of esters is 1. The van der Waals surface area contributed by atoms with E-state index in [4.69, 9.17) is 9.47 Å². The first kappa shape index (κ1) is 12.0. The second kappa shape index (κ2) is 5.77. The highest BCUT2D eigenvalue weighted by atomic mass is 19.1. The Bertz CT molecular complexity index is 369. The second-order valence-electron chi connectivity index (χ2n) is 4.16. The lowest BCUT2D eigenvalue weighted by atomic mass is 10.0. The summed E-state index contributed by atoms with van der Waals surface area (Å²) >= 11 is 0. The van der Waals surface area contributed by atoms with Gasteiger partial charge in [0.2, 0.25) is 0 Å². The maximum Gasteiger partial charge on any atom is 0.338 e. The standard InChI is InChI=1S/C13H15FO3/c14-12-3-1-11(2-4-12)13(15)17-9-10-5-7-16-8-6-10/h1-4,10H,5-9H2. The average Bonchev–Trinajstić information content (AvgIpc) is 2.38. The minimum absolute atomic E-state index is 0.356. The van der Waals surface area contributed by atoms with Gasteiger partial charge in [-0.1, -0.05) is 0 Å². The molecule has 4 heteroatoms. The summed E-state index contributed by atoms with van der Waals surface area (Å²) in [6.45, 7) is 1.89. The van der Waals surface area contributed by atoms with E-state index >= 15 is 0 Å². The summed E-state index contributed by atoms with van der Waals surface area (Å²) in [6.07, 6.45) is 1.85. The highest BCUT2D eigenvalue weighted by Crippen LogP contribution is 2.15. The van der Waals surface area contributed by atoms with E-state index in [0.717, 1.165) is 26.1 Å². The van der Waals surface area contributed by atoms with E-state index in [1.165, 1.54) is 24.3 Å². The lowest BCUT2D eigenvalue weighted by molar-refractivity contribution is 0.0185. The van der Waals surface area contributed by atoms with Crippen molar-refractivity contribution >= 4 is 5.97 Å². The number of halogens is 1. The Morgan fingerprint density at radius 1 is 1.29 bits per heavy atom. The fourth-order valence-electron chi connectivity index (χ4n) is 1.78. The smallest absolute Gasteiger partial charge is 0.338 e. The molecule has 0 bridgehead atoms. The van der Waals surface area contributed by atoms with Crippen LogP contribution in [0.3, 0.4) is 0 Å². The van der Waals surface area contributed by atoms with E-state index in [1.54, 1.807) is 0 Å². The van der Waals surface area contributed by atoms with Gasteiger partial charge >= 0.3 is 5.97 Å². The van der Waals surface area contributed by atoms with Crippen molar-refractivity contribution < 1.29 is 18.7 Å². The Morgan fingerprint density at radius 2 is 1.94 bits per heavy atom. The van der Waals surface area contributed by atoms with Crippen LogP contribution < -0.4 is 0 Å². The van der Waals surface area contributed by atoms with Gasteiger partial charge in [0.25, 0.3) is 0 Å². The molecule has 1 aromatic carbocycles. The Balaban J connectivity index is 1.82. The van der Waals surface area contributed by atoms with Crippen LogP contribution in [-0.4, -0.2) is 25.8 Å². The minimum Gasteiger partial charge on any atom is -0.462 e. The first-order chi connectivity index (χ1) is 8.25. The van der Waals surface area contributed by atoms with Crippen LogP contribution in [0.15, 0.2) is 24.3 Å². The molecule has 2 rings (SSSR count). The summed E-state index contributed by atoms with van der Waals surface area (Å²) < 4.78 is 23.1. The SMILES string of the molecule is O=C(OCC1CCOCC1)c1ccc(F)cc1. The zero-order chi connectivity index (χ0) is 12.1. The van der Waals surface area contributed by atoms with Crippen LogP contribution in [0.25, 0.3) is 0 Å². The first-order valence-corrected chi connectivity index (χ1v) is 5.76. The zero-order valence-electron chi connectivity index (χ0n) is 9.52. The van der Waals surface area contributed by atoms with E-state index in [1.807, 2.05) is 0 Å². The molecule has 0 saturated carbocycles. The van der Waals surface area contributed by atoms with Crippen molar-refractivity contribution in [2.45, 2.75) is 12.8 Å². The maximum absolute atomic E-state index is 12.7.